The minimum absolute atomic E-state index is 0.667. The highest BCUT2D eigenvalue weighted by atomic mass is 16.3. The largest absolute Gasteiger partial charge is 0.459 e. The maximum absolute atomic E-state index is 5.80. The Hall–Kier alpha value is -2.81. The van der Waals surface area contributed by atoms with Crippen LogP contribution in [0.1, 0.15) is 5.76 Å². The zero-order chi connectivity index (χ0) is 14.1. The van der Waals surface area contributed by atoms with E-state index in [-0.39, 0.29) is 0 Å². The number of anilines is 1. The fourth-order valence-corrected chi connectivity index (χ4v) is 2.50. The maximum Gasteiger partial charge on any atom is 0.134 e. The summed E-state index contributed by atoms with van der Waals surface area (Å²) in [5.41, 5.74) is 3.00. The number of pyridine rings is 1. The Balaban J connectivity index is 1.57. The average Bonchev–Trinajstić information content (AvgIpc) is 2.95. The Kier molecular flexibility index (Phi) is 2.82. The van der Waals surface area contributed by atoms with Crippen LogP contribution in [-0.2, 0) is 6.54 Å². The van der Waals surface area contributed by atoms with Gasteiger partial charge in [0.1, 0.15) is 11.3 Å². The van der Waals surface area contributed by atoms with Gasteiger partial charge in [-0.25, -0.2) is 0 Å². The number of nitrogens with zero attached hydrogens (tertiary/aromatic N) is 1. The minimum atomic E-state index is 0.667. The third kappa shape index (κ3) is 2.34. The summed E-state index contributed by atoms with van der Waals surface area (Å²) in [6, 6.07) is 20.3. The van der Waals surface area contributed by atoms with Gasteiger partial charge in [-0.15, -0.1) is 0 Å². The summed E-state index contributed by atoms with van der Waals surface area (Å²) in [6.07, 6.45) is 1.81. The monoisotopic (exact) mass is 274 g/mol. The summed E-state index contributed by atoms with van der Waals surface area (Å²) in [7, 11) is 0. The van der Waals surface area contributed by atoms with Gasteiger partial charge in [0.15, 0.2) is 0 Å². The summed E-state index contributed by atoms with van der Waals surface area (Å²) in [5.74, 6) is 0.933. The molecule has 0 bridgehead atoms. The quantitative estimate of drug-likeness (QED) is 0.593. The van der Waals surface area contributed by atoms with E-state index in [0.717, 1.165) is 33.3 Å². The van der Waals surface area contributed by atoms with Crippen molar-refractivity contribution in [3.63, 3.8) is 0 Å². The molecule has 2 aromatic carbocycles. The SMILES string of the molecule is c1cnc2ccc(NCc3cc4ccccc4o3)cc2c1. The van der Waals surface area contributed by atoms with Gasteiger partial charge in [0.05, 0.1) is 12.1 Å². The molecule has 21 heavy (non-hydrogen) atoms. The predicted octanol–water partition coefficient (Wildman–Crippen LogP) is 4.59. The van der Waals surface area contributed by atoms with Crippen molar-refractivity contribution < 1.29 is 4.42 Å². The van der Waals surface area contributed by atoms with Crippen molar-refractivity contribution in [3.05, 3.63) is 72.6 Å². The van der Waals surface area contributed by atoms with Crippen LogP contribution in [0.5, 0.6) is 0 Å². The first kappa shape index (κ1) is 12.0. The van der Waals surface area contributed by atoms with E-state index in [0.29, 0.717) is 6.54 Å². The van der Waals surface area contributed by atoms with Crippen LogP contribution in [0.3, 0.4) is 0 Å². The fourth-order valence-electron chi connectivity index (χ4n) is 2.50. The molecule has 0 aliphatic carbocycles. The molecule has 102 valence electrons. The van der Waals surface area contributed by atoms with Crippen molar-refractivity contribution in [1.82, 2.24) is 4.98 Å². The number of fused-ring (bicyclic) bond motifs is 2. The highest BCUT2D eigenvalue weighted by Gasteiger charge is 2.03. The number of hydrogen-bond acceptors (Lipinski definition) is 3. The first-order valence-corrected chi connectivity index (χ1v) is 6.95. The van der Waals surface area contributed by atoms with Gasteiger partial charge in [-0.05, 0) is 36.4 Å². The van der Waals surface area contributed by atoms with E-state index in [1.807, 2.05) is 42.6 Å². The van der Waals surface area contributed by atoms with E-state index in [4.69, 9.17) is 4.42 Å². The van der Waals surface area contributed by atoms with Crippen molar-refractivity contribution in [1.29, 1.82) is 0 Å². The molecular weight excluding hydrogens is 260 g/mol. The normalized spacial score (nSPS) is 11.0. The lowest BCUT2D eigenvalue weighted by atomic mass is 10.2. The lowest BCUT2D eigenvalue weighted by Gasteiger charge is -2.05. The van der Waals surface area contributed by atoms with Gasteiger partial charge in [-0.2, -0.15) is 0 Å². The summed E-state index contributed by atoms with van der Waals surface area (Å²) >= 11 is 0. The van der Waals surface area contributed by atoms with Gasteiger partial charge in [0.2, 0.25) is 0 Å². The maximum atomic E-state index is 5.80. The van der Waals surface area contributed by atoms with Gasteiger partial charge < -0.3 is 9.73 Å². The van der Waals surface area contributed by atoms with Crippen molar-refractivity contribution >= 4 is 27.6 Å². The zero-order valence-corrected chi connectivity index (χ0v) is 11.4. The number of para-hydroxylation sites is 1. The van der Waals surface area contributed by atoms with Crippen LogP contribution < -0.4 is 5.32 Å². The first-order valence-electron chi connectivity index (χ1n) is 6.95. The molecule has 2 aromatic heterocycles. The van der Waals surface area contributed by atoms with Crippen LogP contribution in [0.25, 0.3) is 21.9 Å². The van der Waals surface area contributed by atoms with Gasteiger partial charge >= 0.3 is 0 Å². The van der Waals surface area contributed by atoms with Crippen LogP contribution in [0.2, 0.25) is 0 Å². The predicted molar refractivity (Wildman–Crippen MR) is 85.3 cm³/mol. The van der Waals surface area contributed by atoms with Crippen LogP contribution in [0.4, 0.5) is 5.69 Å². The average molecular weight is 274 g/mol. The number of aromatic nitrogens is 1. The Labute approximate surface area is 122 Å². The fraction of sp³-hybridized carbons (Fsp3) is 0.0556. The van der Waals surface area contributed by atoms with Gasteiger partial charge in [0, 0.05) is 22.7 Å². The smallest absolute Gasteiger partial charge is 0.134 e. The molecule has 0 unspecified atom stereocenters. The second kappa shape index (κ2) is 4.94. The second-order valence-corrected chi connectivity index (χ2v) is 5.01. The third-order valence-electron chi connectivity index (χ3n) is 3.55. The second-order valence-electron chi connectivity index (χ2n) is 5.01. The third-order valence-corrected chi connectivity index (χ3v) is 3.55. The highest BCUT2D eigenvalue weighted by Crippen LogP contribution is 2.21. The van der Waals surface area contributed by atoms with E-state index >= 15 is 0 Å². The molecule has 0 atom stereocenters. The van der Waals surface area contributed by atoms with Crippen LogP contribution in [0, 0.1) is 0 Å². The summed E-state index contributed by atoms with van der Waals surface area (Å²) < 4.78 is 5.80. The number of furan rings is 1. The molecule has 3 nitrogen and oxygen atoms in total. The molecule has 0 aliphatic rings. The Morgan fingerprint density at radius 2 is 1.81 bits per heavy atom. The first-order chi connectivity index (χ1) is 10.4. The molecule has 3 heteroatoms. The highest BCUT2D eigenvalue weighted by molar-refractivity contribution is 5.82. The Morgan fingerprint density at radius 1 is 0.905 bits per heavy atom. The summed E-state index contributed by atoms with van der Waals surface area (Å²) in [5, 5.41) is 5.66. The molecule has 0 aliphatic heterocycles. The van der Waals surface area contributed by atoms with Crippen molar-refractivity contribution in [2.45, 2.75) is 6.54 Å². The number of benzene rings is 2. The van der Waals surface area contributed by atoms with E-state index < -0.39 is 0 Å². The molecule has 2 heterocycles. The molecule has 0 saturated heterocycles. The Morgan fingerprint density at radius 3 is 2.76 bits per heavy atom. The summed E-state index contributed by atoms with van der Waals surface area (Å²) in [6.45, 7) is 0.667. The molecule has 0 saturated carbocycles. The topological polar surface area (TPSA) is 38.1 Å². The number of hydrogen-bond donors (Lipinski definition) is 1. The molecule has 0 radical (unpaired) electrons. The van der Waals surface area contributed by atoms with Crippen LogP contribution in [0.15, 0.2) is 71.3 Å². The van der Waals surface area contributed by atoms with E-state index in [1.165, 1.54) is 0 Å². The Bertz CT molecular complexity index is 878. The van der Waals surface area contributed by atoms with Crippen molar-refractivity contribution in [3.8, 4) is 0 Å². The molecule has 4 rings (SSSR count). The van der Waals surface area contributed by atoms with Crippen molar-refractivity contribution in [2.75, 3.05) is 5.32 Å². The van der Waals surface area contributed by atoms with Crippen LogP contribution >= 0.6 is 0 Å². The van der Waals surface area contributed by atoms with E-state index in [2.05, 4.69) is 34.6 Å². The van der Waals surface area contributed by atoms with Gasteiger partial charge in [-0.1, -0.05) is 24.3 Å². The van der Waals surface area contributed by atoms with E-state index in [9.17, 15) is 0 Å². The molecule has 0 amide bonds. The number of rotatable bonds is 3. The molecule has 4 aromatic rings. The van der Waals surface area contributed by atoms with E-state index in [1.54, 1.807) is 0 Å². The molecular formula is C18H14N2O. The summed E-state index contributed by atoms with van der Waals surface area (Å²) in [4.78, 5) is 4.32. The minimum Gasteiger partial charge on any atom is -0.459 e. The van der Waals surface area contributed by atoms with Crippen molar-refractivity contribution in [2.24, 2.45) is 0 Å². The van der Waals surface area contributed by atoms with Crippen LogP contribution in [-0.4, -0.2) is 4.98 Å². The van der Waals surface area contributed by atoms with Gasteiger partial charge in [-0.3, -0.25) is 4.98 Å². The lowest BCUT2D eigenvalue weighted by Crippen LogP contribution is -1.97. The number of nitrogens with one attached hydrogen (secondary N) is 1. The molecule has 0 spiro atoms. The molecule has 0 fully saturated rings. The standard InChI is InChI=1S/C18H14N2O/c1-2-6-18-14(4-1)11-16(21-18)12-20-15-7-8-17-13(10-15)5-3-9-19-17/h1-11,20H,12H2. The zero-order valence-electron chi connectivity index (χ0n) is 11.4. The van der Waals surface area contributed by atoms with Gasteiger partial charge in [0.25, 0.3) is 0 Å². The lowest BCUT2D eigenvalue weighted by molar-refractivity contribution is 0.559. The molecule has 1 N–H and O–H groups in total.